The lowest BCUT2D eigenvalue weighted by atomic mass is 10.2. The first-order chi connectivity index (χ1) is 9.48. The number of nitrogens with zero attached hydrogens (tertiary/aromatic N) is 2. The number of ether oxygens (including phenoxy) is 1. The van der Waals surface area contributed by atoms with Gasteiger partial charge in [-0.25, -0.2) is 0 Å². The lowest BCUT2D eigenvalue weighted by Gasteiger charge is -2.25. The van der Waals surface area contributed by atoms with Crippen LogP contribution in [0.3, 0.4) is 0 Å². The summed E-state index contributed by atoms with van der Waals surface area (Å²) < 4.78 is 5.88. The average Bonchev–Trinajstić information content (AvgIpc) is 3.23. The summed E-state index contributed by atoms with van der Waals surface area (Å²) in [6.45, 7) is 10.9. The van der Waals surface area contributed by atoms with Gasteiger partial charge in [-0.15, -0.1) is 24.0 Å². The molecule has 0 amide bonds. The van der Waals surface area contributed by atoms with E-state index < -0.39 is 0 Å². The van der Waals surface area contributed by atoms with Gasteiger partial charge in [0.15, 0.2) is 5.96 Å². The highest BCUT2D eigenvalue weighted by Gasteiger charge is 2.21. The van der Waals surface area contributed by atoms with E-state index in [0.29, 0.717) is 0 Å². The van der Waals surface area contributed by atoms with Crippen molar-refractivity contribution in [3.05, 3.63) is 0 Å². The van der Waals surface area contributed by atoms with Crippen molar-refractivity contribution in [2.45, 2.75) is 38.4 Å². The molecule has 1 saturated carbocycles. The number of likely N-dealkylation sites (N-methyl/N-ethyl adjacent to an activating group) is 1. The molecule has 126 valence electrons. The van der Waals surface area contributed by atoms with Gasteiger partial charge in [0.25, 0.3) is 0 Å². The third kappa shape index (κ3) is 9.84. The van der Waals surface area contributed by atoms with E-state index in [2.05, 4.69) is 44.3 Å². The summed E-state index contributed by atoms with van der Waals surface area (Å²) in [5, 5.41) is 3.35. The fraction of sp³-hybridized carbons (Fsp3) is 0.933. The highest BCUT2D eigenvalue weighted by atomic mass is 127. The lowest BCUT2D eigenvalue weighted by Crippen LogP contribution is -2.41. The number of hydrogen-bond acceptors (Lipinski definition) is 3. The van der Waals surface area contributed by atoms with Crippen LogP contribution in [0.25, 0.3) is 0 Å². The Morgan fingerprint density at radius 3 is 2.62 bits per heavy atom. The molecule has 0 radical (unpaired) electrons. The van der Waals surface area contributed by atoms with Crippen molar-refractivity contribution in [2.75, 3.05) is 46.2 Å². The molecule has 1 N–H and O–H groups in total. The van der Waals surface area contributed by atoms with Crippen LogP contribution in [0.4, 0.5) is 0 Å². The number of hydrogen-bond donors (Lipinski definition) is 1. The first kappa shape index (κ1) is 21.3. The normalized spacial score (nSPS) is 15.6. The molecule has 1 aliphatic carbocycles. The molecular weight excluding hydrogens is 397 g/mol. The van der Waals surface area contributed by atoms with E-state index >= 15 is 0 Å². The maximum atomic E-state index is 5.69. The lowest BCUT2D eigenvalue weighted by molar-refractivity contribution is 0.115. The zero-order chi connectivity index (χ0) is 15.0. The van der Waals surface area contributed by atoms with Gasteiger partial charge in [-0.1, -0.05) is 0 Å². The second-order valence-corrected chi connectivity index (χ2v) is 7.59. The number of aliphatic imine (C=N–C) groups is 1. The molecule has 0 aromatic heterocycles. The van der Waals surface area contributed by atoms with E-state index in [9.17, 15) is 0 Å². The van der Waals surface area contributed by atoms with Gasteiger partial charge in [-0.3, -0.25) is 4.99 Å². The Kier molecular flexibility index (Phi) is 11.1. The van der Waals surface area contributed by atoms with Crippen molar-refractivity contribution in [1.29, 1.82) is 0 Å². The van der Waals surface area contributed by atoms with Crippen LogP contribution in [0.5, 0.6) is 0 Å². The van der Waals surface area contributed by atoms with E-state index in [4.69, 9.17) is 9.73 Å². The van der Waals surface area contributed by atoms with Crippen LogP contribution in [0, 0.1) is 5.92 Å². The molecule has 1 rings (SSSR count). The molecule has 0 aliphatic heterocycles. The molecule has 0 atom stereocenters. The molecule has 6 heteroatoms. The fourth-order valence-electron chi connectivity index (χ4n) is 1.64. The fourth-order valence-corrected chi connectivity index (χ4v) is 1.84. The molecule has 0 aromatic rings. The van der Waals surface area contributed by atoms with Crippen molar-refractivity contribution >= 4 is 41.7 Å². The van der Waals surface area contributed by atoms with Gasteiger partial charge in [0.05, 0.1) is 13.2 Å². The highest BCUT2D eigenvalue weighted by molar-refractivity contribution is 14.0. The zero-order valence-electron chi connectivity index (χ0n) is 14.1. The maximum absolute atomic E-state index is 5.69. The molecule has 0 heterocycles. The van der Waals surface area contributed by atoms with Crippen LogP contribution in [-0.4, -0.2) is 61.8 Å². The van der Waals surface area contributed by atoms with Crippen molar-refractivity contribution in [3.8, 4) is 0 Å². The Bertz CT molecular complexity index is 309. The van der Waals surface area contributed by atoms with Crippen LogP contribution < -0.4 is 5.32 Å². The third-order valence-corrected chi connectivity index (χ3v) is 4.71. The number of halogens is 1. The first-order valence-corrected chi connectivity index (χ1v) is 8.83. The summed E-state index contributed by atoms with van der Waals surface area (Å²) in [4.78, 5) is 6.90. The van der Waals surface area contributed by atoms with Gasteiger partial charge in [0.2, 0.25) is 0 Å². The quantitative estimate of drug-likeness (QED) is 0.265. The zero-order valence-corrected chi connectivity index (χ0v) is 17.3. The predicted octanol–water partition coefficient (Wildman–Crippen LogP) is 3.07. The Morgan fingerprint density at radius 1 is 1.43 bits per heavy atom. The van der Waals surface area contributed by atoms with Crippen molar-refractivity contribution < 1.29 is 4.74 Å². The molecule has 1 aliphatic rings. The van der Waals surface area contributed by atoms with Crippen molar-refractivity contribution in [2.24, 2.45) is 10.9 Å². The Morgan fingerprint density at radius 2 is 2.10 bits per heavy atom. The molecule has 0 spiro atoms. The number of guanidine groups is 1. The summed E-state index contributed by atoms with van der Waals surface area (Å²) >= 11 is 1.85. The SMILES string of the molecule is CCNC(=NCC(C)(C)SC)N(C)CCOCC1CC1.I. The molecular formula is C15H32IN3OS. The van der Waals surface area contributed by atoms with E-state index in [1.165, 1.54) is 12.8 Å². The summed E-state index contributed by atoms with van der Waals surface area (Å²) in [5.41, 5.74) is 0. The Hall–Kier alpha value is 0.310. The molecule has 4 nitrogen and oxygen atoms in total. The standard InChI is InChI=1S/C15H31N3OS.HI/c1-6-16-14(17-12-15(2,3)20-5)18(4)9-10-19-11-13-7-8-13;/h13H,6-12H2,1-5H3,(H,16,17);1H. The molecule has 1 fully saturated rings. The molecule has 0 unspecified atom stereocenters. The van der Waals surface area contributed by atoms with Crippen LogP contribution in [0.1, 0.15) is 33.6 Å². The van der Waals surface area contributed by atoms with Crippen LogP contribution in [0.15, 0.2) is 4.99 Å². The first-order valence-electron chi connectivity index (χ1n) is 7.61. The van der Waals surface area contributed by atoms with Gasteiger partial charge < -0.3 is 15.0 Å². The molecule has 0 bridgehead atoms. The monoisotopic (exact) mass is 429 g/mol. The predicted molar refractivity (Wildman–Crippen MR) is 105 cm³/mol. The summed E-state index contributed by atoms with van der Waals surface area (Å²) in [6.07, 6.45) is 4.84. The second-order valence-electron chi connectivity index (χ2n) is 6.07. The smallest absolute Gasteiger partial charge is 0.193 e. The number of thioether (sulfide) groups is 1. The van der Waals surface area contributed by atoms with Gasteiger partial charge in [-0.05, 0) is 45.8 Å². The summed E-state index contributed by atoms with van der Waals surface area (Å²) in [7, 11) is 2.08. The largest absolute Gasteiger partial charge is 0.379 e. The van der Waals surface area contributed by atoms with Gasteiger partial charge in [-0.2, -0.15) is 11.8 Å². The van der Waals surface area contributed by atoms with Crippen LogP contribution in [-0.2, 0) is 4.74 Å². The number of rotatable bonds is 9. The van der Waals surface area contributed by atoms with E-state index in [0.717, 1.165) is 44.7 Å². The minimum atomic E-state index is 0. The number of nitrogens with one attached hydrogen (secondary N) is 1. The van der Waals surface area contributed by atoms with E-state index in [1.54, 1.807) is 0 Å². The van der Waals surface area contributed by atoms with E-state index in [1.807, 2.05) is 11.8 Å². The third-order valence-electron chi connectivity index (χ3n) is 3.48. The minimum Gasteiger partial charge on any atom is -0.379 e. The van der Waals surface area contributed by atoms with E-state index in [-0.39, 0.29) is 28.7 Å². The van der Waals surface area contributed by atoms with Gasteiger partial charge in [0.1, 0.15) is 0 Å². The maximum Gasteiger partial charge on any atom is 0.193 e. The summed E-state index contributed by atoms with van der Waals surface area (Å²) in [6, 6.07) is 0. The topological polar surface area (TPSA) is 36.9 Å². The van der Waals surface area contributed by atoms with Crippen LogP contribution in [0.2, 0.25) is 0 Å². The van der Waals surface area contributed by atoms with Gasteiger partial charge in [0, 0.05) is 31.5 Å². The second kappa shape index (κ2) is 10.9. The van der Waals surface area contributed by atoms with Crippen molar-refractivity contribution in [3.63, 3.8) is 0 Å². The molecule has 0 aromatic carbocycles. The Balaban J connectivity index is 0.00000400. The summed E-state index contributed by atoms with van der Waals surface area (Å²) in [5.74, 6) is 1.81. The Labute approximate surface area is 151 Å². The highest BCUT2D eigenvalue weighted by Crippen LogP contribution is 2.28. The van der Waals surface area contributed by atoms with Crippen molar-refractivity contribution in [1.82, 2.24) is 10.2 Å². The molecule has 21 heavy (non-hydrogen) atoms. The average molecular weight is 429 g/mol. The molecule has 0 saturated heterocycles. The van der Waals surface area contributed by atoms with Gasteiger partial charge >= 0.3 is 0 Å². The minimum absolute atomic E-state index is 0. The van der Waals surface area contributed by atoms with Crippen LogP contribution >= 0.6 is 35.7 Å².